The highest BCUT2D eigenvalue weighted by atomic mass is 32.1. The summed E-state index contributed by atoms with van der Waals surface area (Å²) >= 11 is 4.92. The molecule has 2 rings (SSSR count). The molecule has 0 saturated carbocycles. The second-order valence-corrected chi connectivity index (χ2v) is 5.01. The van der Waals surface area contributed by atoms with Gasteiger partial charge in [0, 0.05) is 13.5 Å². The first-order chi connectivity index (χ1) is 10.8. The van der Waals surface area contributed by atoms with E-state index in [0.717, 1.165) is 17.7 Å². The molecule has 5 heteroatoms. The Morgan fingerprint density at radius 3 is 2.55 bits per heavy atom. The van der Waals surface area contributed by atoms with Crippen molar-refractivity contribution in [1.29, 1.82) is 0 Å². The van der Waals surface area contributed by atoms with Gasteiger partial charge in [-0.2, -0.15) is 5.10 Å². The maximum atomic E-state index is 5.73. The summed E-state index contributed by atoms with van der Waals surface area (Å²) in [5, 5.41) is 7.29. The third kappa shape index (κ3) is 5.54. The van der Waals surface area contributed by atoms with E-state index in [9.17, 15) is 0 Å². The highest BCUT2D eigenvalue weighted by Crippen LogP contribution is 2.11. The lowest BCUT2D eigenvalue weighted by molar-refractivity contribution is 0.322. The van der Waals surface area contributed by atoms with Gasteiger partial charge in [-0.1, -0.05) is 30.3 Å². The van der Waals surface area contributed by atoms with E-state index in [4.69, 9.17) is 17.0 Å². The van der Waals surface area contributed by atoms with E-state index in [1.165, 1.54) is 5.56 Å². The van der Waals surface area contributed by atoms with Crippen molar-refractivity contribution >= 4 is 23.5 Å². The van der Waals surface area contributed by atoms with Crippen LogP contribution >= 0.6 is 12.2 Å². The Bertz CT molecular complexity index is 612. The molecule has 0 fully saturated rings. The van der Waals surface area contributed by atoms with Crippen molar-refractivity contribution in [1.82, 2.24) is 10.7 Å². The average molecular weight is 313 g/mol. The Morgan fingerprint density at radius 1 is 1.14 bits per heavy atom. The molecule has 22 heavy (non-hydrogen) atoms. The van der Waals surface area contributed by atoms with Crippen LogP contribution in [-0.2, 0) is 6.42 Å². The van der Waals surface area contributed by atoms with Crippen LogP contribution in [0.4, 0.5) is 0 Å². The van der Waals surface area contributed by atoms with E-state index in [0.29, 0.717) is 11.7 Å². The maximum Gasteiger partial charge on any atom is 0.186 e. The first kappa shape index (κ1) is 16.0. The van der Waals surface area contributed by atoms with Gasteiger partial charge in [0.25, 0.3) is 0 Å². The number of rotatable bonds is 6. The smallest absolute Gasteiger partial charge is 0.186 e. The molecule has 2 aromatic carbocycles. The minimum absolute atomic E-state index is 0.483. The van der Waals surface area contributed by atoms with Crippen LogP contribution in [0.5, 0.6) is 5.75 Å². The molecule has 4 nitrogen and oxygen atoms in total. The Balaban J connectivity index is 1.78. The standard InChI is InChI=1S/C17H19N3OS/c1-18-17(22)20-19-13-15-7-9-16(10-8-15)21-12-11-14-5-3-2-4-6-14/h2-10,13H,11-12H2,1H3,(H2,18,20,22)/b19-13+. The lowest BCUT2D eigenvalue weighted by Crippen LogP contribution is -2.28. The number of hydrogen-bond donors (Lipinski definition) is 2. The summed E-state index contributed by atoms with van der Waals surface area (Å²) in [4.78, 5) is 0. The summed E-state index contributed by atoms with van der Waals surface area (Å²) < 4.78 is 5.73. The molecule has 0 unspecified atom stereocenters. The fourth-order valence-electron chi connectivity index (χ4n) is 1.80. The van der Waals surface area contributed by atoms with Gasteiger partial charge in [0.1, 0.15) is 5.75 Å². The normalized spacial score (nSPS) is 10.4. The SMILES string of the molecule is CNC(=S)N/N=C/c1ccc(OCCc2ccccc2)cc1. The molecule has 0 atom stereocenters. The summed E-state index contributed by atoms with van der Waals surface area (Å²) in [6.45, 7) is 0.662. The molecule has 0 radical (unpaired) electrons. The highest BCUT2D eigenvalue weighted by molar-refractivity contribution is 7.80. The third-order valence-corrected chi connectivity index (χ3v) is 3.28. The van der Waals surface area contributed by atoms with Crippen LogP contribution in [0, 0.1) is 0 Å². The van der Waals surface area contributed by atoms with Crippen LogP contribution in [-0.4, -0.2) is 25.0 Å². The van der Waals surface area contributed by atoms with Gasteiger partial charge < -0.3 is 10.1 Å². The molecule has 2 aromatic rings. The summed E-state index contributed by atoms with van der Waals surface area (Å²) in [6.07, 6.45) is 2.60. The number of hydrogen-bond acceptors (Lipinski definition) is 3. The first-order valence-corrected chi connectivity index (χ1v) is 7.46. The van der Waals surface area contributed by atoms with Crippen molar-refractivity contribution in [3.05, 3.63) is 65.7 Å². The van der Waals surface area contributed by atoms with Gasteiger partial charge in [0.05, 0.1) is 12.8 Å². The van der Waals surface area contributed by atoms with Gasteiger partial charge in [0.15, 0.2) is 5.11 Å². The number of ether oxygens (including phenoxy) is 1. The zero-order valence-electron chi connectivity index (χ0n) is 12.5. The van der Waals surface area contributed by atoms with Gasteiger partial charge in [-0.05, 0) is 47.6 Å². The van der Waals surface area contributed by atoms with Crippen molar-refractivity contribution in [3.8, 4) is 5.75 Å². The molecule has 0 spiro atoms. The van der Waals surface area contributed by atoms with Crippen LogP contribution in [0.15, 0.2) is 59.7 Å². The summed E-state index contributed by atoms with van der Waals surface area (Å²) in [7, 11) is 1.74. The number of hydrazone groups is 1. The van der Waals surface area contributed by atoms with Gasteiger partial charge in [-0.3, -0.25) is 5.43 Å². The second kappa shape index (κ2) is 8.79. The number of nitrogens with one attached hydrogen (secondary N) is 2. The van der Waals surface area contributed by atoms with Gasteiger partial charge >= 0.3 is 0 Å². The number of benzene rings is 2. The molecule has 0 amide bonds. The Labute approximate surface area is 136 Å². The zero-order valence-corrected chi connectivity index (χ0v) is 13.3. The van der Waals surface area contributed by atoms with E-state index in [1.54, 1.807) is 13.3 Å². The Morgan fingerprint density at radius 2 is 1.86 bits per heavy atom. The topological polar surface area (TPSA) is 45.7 Å². The van der Waals surface area contributed by atoms with Crippen molar-refractivity contribution in [2.24, 2.45) is 5.10 Å². The van der Waals surface area contributed by atoms with Crippen LogP contribution in [0.25, 0.3) is 0 Å². The molecular weight excluding hydrogens is 294 g/mol. The summed E-state index contributed by atoms with van der Waals surface area (Å²) in [6, 6.07) is 18.1. The lowest BCUT2D eigenvalue weighted by Gasteiger charge is -2.06. The molecule has 0 aliphatic heterocycles. The molecule has 0 aromatic heterocycles. The van der Waals surface area contributed by atoms with E-state index in [-0.39, 0.29) is 0 Å². The highest BCUT2D eigenvalue weighted by Gasteiger charge is 1.96. The predicted octanol–water partition coefficient (Wildman–Crippen LogP) is 2.74. The monoisotopic (exact) mass is 313 g/mol. The minimum atomic E-state index is 0.483. The van der Waals surface area contributed by atoms with Crippen LogP contribution < -0.4 is 15.5 Å². The molecular formula is C17H19N3OS. The molecule has 0 aliphatic carbocycles. The quantitative estimate of drug-likeness (QED) is 0.489. The first-order valence-electron chi connectivity index (χ1n) is 7.05. The fourth-order valence-corrected chi connectivity index (χ4v) is 1.86. The third-order valence-electron chi connectivity index (χ3n) is 2.99. The van der Waals surface area contributed by atoms with E-state index in [1.807, 2.05) is 42.5 Å². The van der Waals surface area contributed by atoms with E-state index in [2.05, 4.69) is 28.0 Å². The fraction of sp³-hybridized carbons (Fsp3) is 0.176. The van der Waals surface area contributed by atoms with Crippen molar-refractivity contribution in [2.45, 2.75) is 6.42 Å². The number of thiocarbonyl (C=S) groups is 1. The van der Waals surface area contributed by atoms with Crippen LogP contribution in [0.1, 0.15) is 11.1 Å². The van der Waals surface area contributed by atoms with Gasteiger partial charge in [-0.25, -0.2) is 0 Å². The molecule has 0 saturated heterocycles. The van der Waals surface area contributed by atoms with E-state index < -0.39 is 0 Å². The largest absolute Gasteiger partial charge is 0.493 e. The lowest BCUT2D eigenvalue weighted by atomic mass is 10.2. The molecule has 2 N–H and O–H groups in total. The van der Waals surface area contributed by atoms with Gasteiger partial charge in [0.2, 0.25) is 0 Å². The molecule has 0 bridgehead atoms. The van der Waals surface area contributed by atoms with Crippen LogP contribution in [0.3, 0.4) is 0 Å². The minimum Gasteiger partial charge on any atom is -0.493 e. The number of nitrogens with zero attached hydrogens (tertiary/aromatic N) is 1. The second-order valence-electron chi connectivity index (χ2n) is 4.60. The van der Waals surface area contributed by atoms with Crippen molar-refractivity contribution in [3.63, 3.8) is 0 Å². The van der Waals surface area contributed by atoms with Crippen LogP contribution in [0.2, 0.25) is 0 Å². The van der Waals surface area contributed by atoms with Crippen molar-refractivity contribution in [2.75, 3.05) is 13.7 Å². The predicted molar refractivity (Wildman–Crippen MR) is 94.5 cm³/mol. The Kier molecular flexibility index (Phi) is 6.39. The van der Waals surface area contributed by atoms with Crippen molar-refractivity contribution < 1.29 is 4.74 Å². The zero-order chi connectivity index (χ0) is 15.6. The average Bonchev–Trinajstić information content (AvgIpc) is 2.57. The maximum absolute atomic E-state index is 5.73. The van der Waals surface area contributed by atoms with E-state index >= 15 is 0 Å². The summed E-state index contributed by atoms with van der Waals surface area (Å²) in [5.41, 5.74) is 4.96. The molecule has 0 heterocycles. The molecule has 0 aliphatic rings. The molecule has 114 valence electrons. The summed E-state index contributed by atoms with van der Waals surface area (Å²) in [5.74, 6) is 0.854. The Hall–Kier alpha value is -2.40. The van der Waals surface area contributed by atoms with Gasteiger partial charge in [-0.15, -0.1) is 0 Å².